The average Bonchev–Trinajstić information content (AvgIpc) is 3.08. The number of hydrogen-bond donors (Lipinski definition) is 1. The molecule has 0 bridgehead atoms. The number of esters is 1. The third-order valence-electron chi connectivity index (χ3n) is 5.26. The van der Waals surface area contributed by atoms with Crippen molar-refractivity contribution in [3.05, 3.63) is 29.8 Å². The van der Waals surface area contributed by atoms with Gasteiger partial charge in [0.1, 0.15) is 0 Å². The quantitative estimate of drug-likeness (QED) is 0.821. The summed E-state index contributed by atoms with van der Waals surface area (Å²) in [6, 6.07) is 6.97. The van der Waals surface area contributed by atoms with Crippen LogP contribution in [-0.2, 0) is 14.3 Å². The van der Waals surface area contributed by atoms with Crippen LogP contribution < -0.4 is 10.2 Å². The molecule has 6 heteroatoms. The van der Waals surface area contributed by atoms with Crippen LogP contribution in [0.3, 0.4) is 0 Å². The van der Waals surface area contributed by atoms with Crippen molar-refractivity contribution >= 4 is 23.5 Å². The van der Waals surface area contributed by atoms with Crippen molar-refractivity contribution in [3.8, 4) is 0 Å². The molecule has 2 fully saturated rings. The second kappa shape index (κ2) is 8.34. The van der Waals surface area contributed by atoms with Crippen LogP contribution in [0.15, 0.2) is 24.3 Å². The van der Waals surface area contributed by atoms with Gasteiger partial charge in [-0.15, -0.1) is 0 Å². The summed E-state index contributed by atoms with van der Waals surface area (Å²) in [5.74, 6) is -0.289. The first-order chi connectivity index (χ1) is 12.5. The maximum absolute atomic E-state index is 12.2. The molecule has 1 saturated carbocycles. The fourth-order valence-corrected chi connectivity index (χ4v) is 3.72. The van der Waals surface area contributed by atoms with Crippen molar-refractivity contribution in [2.45, 2.75) is 51.5 Å². The number of nitrogens with zero attached hydrogens (tertiary/aromatic N) is 1. The average molecular weight is 358 g/mol. The van der Waals surface area contributed by atoms with E-state index < -0.39 is 5.97 Å². The molecule has 26 heavy (non-hydrogen) atoms. The number of anilines is 1. The van der Waals surface area contributed by atoms with Gasteiger partial charge in [0, 0.05) is 24.7 Å². The molecule has 1 aromatic rings. The SMILES string of the molecule is C[C@H]1CCCC[C@H]1NC(=O)COC(=O)c1cccc(N2CCCC2=O)c1. The van der Waals surface area contributed by atoms with E-state index in [2.05, 4.69) is 12.2 Å². The Labute approximate surface area is 153 Å². The normalized spacial score (nSPS) is 23.0. The molecule has 1 aliphatic heterocycles. The summed E-state index contributed by atoms with van der Waals surface area (Å²) in [6.45, 7) is 2.52. The van der Waals surface area contributed by atoms with Crippen molar-refractivity contribution in [1.82, 2.24) is 5.32 Å². The second-order valence-corrected chi connectivity index (χ2v) is 7.21. The second-order valence-electron chi connectivity index (χ2n) is 7.21. The lowest BCUT2D eigenvalue weighted by atomic mass is 9.86. The van der Waals surface area contributed by atoms with E-state index in [1.807, 2.05) is 0 Å². The highest BCUT2D eigenvalue weighted by Gasteiger charge is 2.24. The van der Waals surface area contributed by atoms with Crippen LogP contribution in [0.2, 0.25) is 0 Å². The number of benzene rings is 1. The zero-order valence-electron chi connectivity index (χ0n) is 15.2. The summed E-state index contributed by atoms with van der Waals surface area (Å²) in [7, 11) is 0. The van der Waals surface area contributed by atoms with Crippen molar-refractivity contribution < 1.29 is 19.1 Å². The van der Waals surface area contributed by atoms with Crippen molar-refractivity contribution in [1.29, 1.82) is 0 Å². The van der Waals surface area contributed by atoms with Crippen LogP contribution in [0, 0.1) is 5.92 Å². The van der Waals surface area contributed by atoms with Gasteiger partial charge in [0.2, 0.25) is 5.91 Å². The summed E-state index contributed by atoms with van der Waals surface area (Å²) in [4.78, 5) is 37.8. The maximum Gasteiger partial charge on any atom is 0.338 e. The number of carbonyl (C=O) groups is 3. The Kier molecular flexibility index (Phi) is 5.91. The Morgan fingerprint density at radius 3 is 2.77 bits per heavy atom. The monoisotopic (exact) mass is 358 g/mol. The Morgan fingerprint density at radius 1 is 1.23 bits per heavy atom. The lowest BCUT2D eigenvalue weighted by Crippen LogP contribution is -2.42. The number of rotatable bonds is 5. The molecule has 6 nitrogen and oxygen atoms in total. The molecule has 0 aromatic heterocycles. The molecule has 0 unspecified atom stereocenters. The molecule has 1 aliphatic carbocycles. The van der Waals surface area contributed by atoms with Crippen molar-refractivity contribution in [2.24, 2.45) is 5.92 Å². The Balaban J connectivity index is 1.53. The lowest BCUT2D eigenvalue weighted by Gasteiger charge is -2.29. The molecule has 0 radical (unpaired) electrons. The van der Waals surface area contributed by atoms with Gasteiger partial charge in [0.25, 0.3) is 5.91 Å². The summed E-state index contributed by atoms with van der Waals surface area (Å²) >= 11 is 0. The molecule has 3 rings (SSSR count). The maximum atomic E-state index is 12.2. The van der Waals surface area contributed by atoms with Crippen molar-refractivity contribution in [2.75, 3.05) is 18.1 Å². The van der Waals surface area contributed by atoms with Gasteiger partial charge in [-0.25, -0.2) is 4.79 Å². The van der Waals surface area contributed by atoms with Crippen LogP contribution in [0.1, 0.15) is 55.8 Å². The first kappa shape index (κ1) is 18.4. The molecule has 2 atom stereocenters. The van der Waals surface area contributed by atoms with E-state index in [4.69, 9.17) is 4.74 Å². The van der Waals surface area contributed by atoms with Crippen molar-refractivity contribution in [3.63, 3.8) is 0 Å². The smallest absolute Gasteiger partial charge is 0.338 e. The number of hydrogen-bond acceptors (Lipinski definition) is 4. The molecule has 1 N–H and O–H groups in total. The van der Waals surface area contributed by atoms with Gasteiger partial charge >= 0.3 is 5.97 Å². The number of ether oxygens (including phenoxy) is 1. The third kappa shape index (κ3) is 4.42. The first-order valence-corrected chi connectivity index (χ1v) is 9.41. The molecule has 2 amide bonds. The van der Waals surface area contributed by atoms with Gasteiger partial charge in [0.15, 0.2) is 6.61 Å². The summed E-state index contributed by atoms with van der Waals surface area (Å²) in [5, 5.41) is 2.97. The minimum atomic E-state index is -0.551. The van der Waals surface area contributed by atoms with E-state index in [1.165, 1.54) is 6.42 Å². The van der Waals surface area contributed by atoms with Gasteiger partial charge in [-0.05, 0) is 43.4 Å². The highest BCUT2D eigenvalue weighted by molar-refractivity contribution is 5.97. The summed E-state index contributed by atoms with van der Waals surface area (Å²) in [6.07, 6.45) is 5.79. The van der Waals surface area contributed by atoms with Gasteiger partial charge < -0.3 is 15.0 Å². The molecule has 2 aliphatic rings. The first-order valence-electron chi connectivity index (χ1n) is 9.41. The van der Waals surface area contributed by atoms with E-state index >= 15 is 0 Å². The molecule has 1 aromatic carbocycles. The van der Waals surface area contributed by atoms with E-state index in [1.54, 1.807) is 29.2 Å². The molecule has 140 valence electrons. The van der Waals surface area contributed by atoms with Crippen LogP contribution in [-0.4, -0.2) is 37.0 Å². The standard InChI is InChI=1S/C20H26N2O4/c1-14-6-2-3-9-17(14)21-18(23)13-26-20(25)15-7-4-8-16(12-15)22-11-5-10-19(22)24/h4,7-8,12,14,17H,2-3,5-6,9-11,13H2,1H3,(H,21,23)/t14-,17+/m0/s1. The lowest BCUT2D eigenvalue weighted by molar-refractivity contribution is -0.125. The highest BCUT2D eigenvalue weighted by atomic mass is 16.5. The topological polar surface area (TPSA) is 75.7 Å². The van der Waals surface area contributed by atoms with E-state index in [0.29, 0.717) is 30.1 Å². The molecular weight excluding hydrogens is 332 g/mol. The predicted molar refractivity (Wildman–Crippen MR) is 97.9 cm³/mol. The molecular formula is C20H26N2O4. The highest BCUT2D eigenvalue weighted by Crippen LogP contribution is 2.24. The predicted octanol–water partition coefficient (Wildman–Crippen LogP) is 2.67. The third-order valence-corrected chi connectivity index (χ3v) is 5.26. The molecule has 1 heterocycles. The zero-order chi connectivity index (χ0) is 18.5. The van der Waals surface area contributed by atoms with Crippen LogP contribution in [0.25, 0.3) is 0 Å². The van der Waals surface area contributed by atoms with E-state index in [-0.39, 0.29) is 24.5 Å². The number of carbonyl (C=O) groups excluding carboxylic acids is 3. The molecule has 0 spiro atoms. The van der Waals surface area contributed by atoms with Gasteiger partial charge in [-0.3, -0.25) is 9.59 Å². The van der Waals surface area contributed by atoms with Gasteiger partial charge in [-0.1, -0.05) is 25.8 Å². The molecule has 1 saturated heterocycles. The largest absolute Gasteiger partial charge is 0.452 e. The van der Waals surface area contributed by atoms with E-state index in [0.717, 1.165) is 25.7 Å². The minimum Gasteiger partial charge on any atom is -0.452 e. The van der Waals surface area contributed by atoms with Crippen LogP contribution >= 0.6 is 0 Å². The van der Waals surface area contributed by atoms with Crippen LogP contribution in [0.4, 0.5) is 5.69 Å². The summed E-state index contributed by atoms with van der Waals surface area (Å²) in [5.41, 5.74) is 1.04. The van der Waals surface area contributed by atoms with Crippen LogP contribution in [0.5, 0.6) is 0 Å². The Morgan fingerprint density at radius 2 is 2.04 bits per heavy atom. The Hall–Kier alpha value is -2.37. The number of nitrogens with one attached hydrogen (secondary N) is 1. The number of amides is 2. The fourth-order valence-electron chi connectivity index (χ4n) is 3.72. The minimum absolute atomic E-state index is 0.0662. The Bertz CT molecular complexity index is 688. The van der Waals surface area contributed by atoms with E-state index in [9.17, 15) is 14.4 Å². The van der Waals surface area contributed by atoms with Gasteiger partial charge in [-0.2, -0.15) is 0 Å². The zero-order valence-corrected chi connectivity index (χ0v) is 15.2. The summed E-state index contributed by atoms with van der Waals surface area (Å²) < 4.78 is 5.16. The fraction of sp³-hybridized carbons (Fsp3) is 0.550. The van der Waals surface area contributed by atoms with Gasteiger partial charge in [0.05, 0.1) is 5.56 Å².